The van der Waals surface area contributed by atoms with Gasteiger partial charge in [0.15, 0.2) is 0 Å². The standard InChI is InChI=1S/C9H18N2O4/c10-9(2-1-3-9)7(15)11-8(4-12,5-13)6-14/h12-14H,1-6,10H2,(H,11,15). The van der Waals surface area contributed by atoms with Crippen LogP contribution in [0, 0.1) is 0 Å². The first-order valence-corrected chi connectivity index (χ1v) is 4.96. The molecule has 1 saturated carbocycles. The van der Waals surface area contributed by atoms with Crippen LogP contribution in [0.15, 0.2) is 0 Å². The molecule has 1 aliphatic rings. The Bertz CT molecular complexity index is 228. The molecule has 0 saturated heterocycles. The van der Waals surface area contributed by atoms with Crippen LogP contribution in [0.2, 0.25) is 0 Å². The van der Waals surface area contributed by atoms with Crippen molar-refractivity contribution in [1.82, 2.24) is 5.32 Å². The van der Waals surface area contributed by atoms with Gasteiger partial charge in [0.05, 0.1) is 25.4 Å². The van der Waals surface area contributed by atoms with Gasteiger partial charge in [0, 0.05) is 0 Å². The Morgan fingerprint density at radius 1 is 1.27 bits per heavy atom. The first kappa shape index (κ1) is 12.4. The van der Waals surface area contributed by atoms with Gasteiger partial charge >= 0.3 is 0 Å². The molecule has 0 aromatic heterocycles. The third-order valence-electron chi connectivity index (χ3n) is 2.98. The number of aliphatic hydroxyl groups excluding tert-OH is 3. The van der Waals surface area contributed by atoms with Crippen molar-refractivity contribution in [3.05, 3.63) is 0 Å². The highest BCUT2D eigenvalue weighted by Gasteiger charge is 2.43. The molecule has 0 heterocycles. The monoisotopic (exact) mass is 218 g/mol. The Morgan fingerprint density at radius 2 is 1.73 bits per heavy atom. The zero-order chi connectivity index (χ0) is 11.5. The summed E-state index contributed by atoms with van der Waals surface area (Å²) in [5.74, 6) is -0.425. The van der Waals surface area contributed by atoms with E-state index in [0.717, 1.165) is 6.42 Å². The second-order valence-electron chi connectivity index (χ2n) is 4.22. The summed E-state index contributed by atoms with van der Waals surface area (Å²) < 4.78 is 0. The van der Waals surface area contributed by atoms with Crippen LogP contribution >= 0.6 is 0 Å². The molecular formula is C9H18N2O4. The van der Waals surface area contributed by atoms with E-state index >= 15 is 0 Å². The molecule has 88 valence electrons. The third-order valence-corrected chi connectivity index (χ3v) is 2.98. The molecule has 0 aliphatic heterocycles. The Hall–Kier alpha value is -0.690. The van der Waals surface area contributed by atoms with Crippen molar-refractivity contribution in [2.75, 3.05) is 19.8 Å². The van der Waals surface area contributed by atoms with Gasteiger partial charge in [-0.3, -0.25) is 4.79 Å². The average molecular weight is 218 g/mol. The van der Waals surface area contributed by atoms with E-state index in [1.165, 1.54) is 0 Å². The lowest BCUT2D eigenvalue weighted by Gasteiger charge is -2.40. The number of hydrogen-bond acceptors (Lipinski definition) is 5. The summed E-state index contributed by atoms with van der Waals surface area (Å²) >= 11 is 0. The Balaban J connectivity index is 2.62. The van der Waals surface area contributed by atoms with Gasteiger partial charge in [0.25, 0.3) is 0 Å². The van der Waals surface area contributed by atoms with Crippen LogP contribution in [0.25, 0.3) is 0 Å². The third kappa shape index (κ3) is 2.28. The smallest absolute Gasteiger partial charge is 0.240 e. The predicted molar refractivity (Wildman–Crippen MR) is 52.9 cm³/mol. The SMILES string of the molecule is NC1(C(=O)NC(CO)(CO)CO)CCC1. The molecule has 0 aromatic carbocycles. The first-order valence-electron chi connectivity index (χ1n) is 4.96. The quantitative estimate of drug-likeness (QED) is 0.356. The number of nitrogens with one attached hydrogen (secondary N) is 1. The molecular weight excluding hydrogens is 200 g/mol. The molecule has 0 bridgehead atoms. The second-order valence-corrected chi connectivity index (χ2v) is 4.22. The van der Waals surface area contributed by atoms with E-state index in [4.69, 9.17) is 21.1 Å². The fourth-order valence-corrected chi connectivity index (χ4v) is 1.42. The van der Waals surface area contributed by atoms with Crippen molar-refractivity contribution in [2.24, 2.45) is 5.73 Å². The second kappa shape index (κ2) is 4.44. The van der Waals surface area contributed by atoms with E-state index < -0.39 is 36.8 Å². The molecule has 6 heteroatoms. The fraction of sp³-hybridized carbons (Fsp3) is 0.889. The van der Waals surface area contributed by atoms with Gasteiger partial charge in [-0.15, -0.1) is 0 Å². The summed E-state index contributed by atoms with van der Waals surface area (Å²) in [6, 6.07) is 0. The molecule has 1 fully saturated rings. The molecule has 0 atom stereocenters. The molecule has 15 heavy (non-hydrogen) atoms. The van der Waals surface area contributed by atoms with Crippen molar-refractivity contribution in [3.8, 4) is 0 Å². The summed E-state index contributed by atoms with van der Waals surface area (Å²) in [6.45, 7) is -1.58. The highest BCUT2D eigenvalue weighted by Crippen LogP contribution is 2.29. The molecule has 6 nitrogen and oxygen atoms in total. The molecule has 6 N–H and O–H groups in total. The highest BCUT2D eigenvalue weighted by atomic mass is 16.3. The normalized spacial score (nSPS) is 19.5. The van der Waals surface area contributed by atoms with Crippen LogP contribution in [0.5, 0.6) is 0 Å². The first-order chi connectivity index (χ1) is 7.02. The number of hydrogen-bond donors (Lipinski definition) is 5. The van der Waals surface area contributed by atoms with E-state index in [9.17, 15) is 4.79 Å². The van der Waals surface area contributed by atoms with Crippen LogP contribution < -0.4 is 11.1 Å². The van der Waals surface area contributed by atoms with Crippen LogP contribution in [0.3, 0.4) is 0 Å². The largest absolute Gasteiger partial charge is 0.394 e. The van der Waals surface area contributed by atoms with Gasteiger partial charge in [0.2, 0.25) is 5.91 Å². The number of amides is 1. The minimum atomic E-state index is -1.38. The minimum Gasteiger partial charge on any atom is -0.394 e. The van der Waals surface area contributed by atoms with Crippen molar-refractivity contribution < 1.29 is 20.1 Å². The predicted octanol–water partition coefficient (Wildman–Crippen LogP) is -2.30. The van der Waals surface area contributed by atoms with E-state index in [-0.39, 0.29) is 0 Å². The average Bonchev–Trinajstić information content (AvgIpc) is 2.22. The minimum absolute atomic E-state index is 0.425. The number of nitrogens with two attached hydrogens (primary N) is 1. The van der Waals surface area contributed by atoms with Gasteiger partial charge in [-0.25, -0.2) is 0 Å². The Labute approximate surface area is 88.1 Å². The topological polar surface area (TPSA) is 116 Å². The summed E-state index contributed by atoms with van der Waals surface area (Å²) in [5, 5.41) is 29.4. The molecule has 0 unspecified atom stereocenters. The fourth-order valence-electron chi connectivity index (χ4n) is 1.42. The molecule has 1 amide bonds. The highest BCUT2D eigenvalue weighted by molar-refractivity contribution is 5.87. The lowest BCUT2D eigenvalue weighted by atomic mass is 9.76. The van der Waals surface area contributed by atoms with Crippen LogP contribution in [-0.4, -0.2) is 52.1 Å². The van der Waals surface area contributed by atoms with Gasteiger partial charge in [-0.05, 0) is 19.3 Å². The van der Waals surface area contributed by atoms with Crippen molar-refractivity contribution in [1.29, 1.82) is 0 Å². The number of rotatable bonds is 5. The number of aliphatic hydroxyl groups is 3. The van der Waals surface area contributed by atoms with E-state index in [1.54, 1.807) is 0 Å². The van der Waals surface area contributed by atoms with Crippen molar-refractivity contribution in [3.63, 3.8) is 0 Å². The lowest BCUT2D eigenvalue weighted by molar-refractivity contribution is -0.133. The lowest BCUT2D eigenvalue weighted by Crippen LogP contribution is -2.66. The van der Waals surface area contributed by atoms with Gasteiger partial charge in [-0.2, -0.15) is 0 Å². The maximum Gasteiger partial charge on any atom is 0.240 e. The van der Waals surface area contributed by atoms with Crippen molar-refractivity contribution >= 4 is 5.91 Å². The molecule has 0 aromatic rings. The van der Waals surface area contributed by atoms with Crippen LogP contribution in [0.4, 0.5) is 0 Å². The van der Waals surface area contributed by atoms with E-state index in [2.05, 4.69) is 5.32 Å². The summed E-state index contributed by atoms with van der Waals surface area (Å²) in [5.41, 5.74) is 3.49. The van der Waals surface area contributed by atoms with Crippen LogP contribution in [0.1, 0.15) is 19.3 Å². The zero-order valence-corrected chi connectivity index (χ0v) is 8.57. The van der Waals surface area contributed by atoms with Crippen molar-refractivity contribution in [2.45, 2.75) is 30.3 Å². The molecule has 0 radical (unpaired) electrons. The summed E-state index contributed by atoms with van der Waals surface area (Å²) in [7, 11) is 0. The summed E-state index contributed by atoms with van der Waals surface area (Å²) in [6.07, 6.45) is 2.09. The summed E-state index contributed by atoms with van der Waals surface area (Å²) in [4.78, 5) is 11.7. The number of carbonyl (C=O) groups is 1. The molecule has 1 rings (SSSR count). The van der Waals surface area contributed by atoms with Crippen LogP contribution in [-0.2, 0) is 4.79 Å². The zero-order valence-electron chi connectivity index (χ0n) is 8.57. The van der Waals surface area contributed by atoms with Gasteiger partial charge in [0.1, 0.15) is 5.54 Å². The Kier molecular flexibility index (Phi) is 3.67. The Morgan fingerprint density at radius 3 is 2.00 bits per heavy atom. The van der Waals surface area contributed by atoms with E-state index in [1.807, 2.05) is 0 Å². The molecule has 0 spiro atoms. The maximum atomic E-state index is 11.7. The van der Waals surface area contributed by atoms with Gasteiger partial charge in [-0.1, -0.05) is 0 Å². The number of carbonyl (C=O) groups excluding carboxylic acids is 1. The van der Waals surface area contributed by atoms with Gasteiger partial charge < -0.3 is 26.4 Å². The maximum absolute atomic E-state index is 11.7. The molecule has 1 aliphatic carbocycles. The van der Waals surface area contributed by atoms with E-state index in [0.29, 0.717) is 12.8 Å².